The van der Waals surface area contributed by atoms with Gasteiger partial charge in [0.1, 0.15) is 0 Å². The molecule has 0 rings (SSSR count). The average molecular weight is 596 g/mol. The summed E-state index contributed by atoms with van der Waals surface area (Å²) in [5.41, 5.74) is 0. The Morgan fingerprint density at radius 3 is 0.955 bits per heavy atom. The molecule has 22 heavy (non-hydrogen) atoms. The van der Waals surface area contributed by atoms with E-state index in [0.29, 0.717) is 12.1 Å². The molecule has 0 unspecified atom stereocenters. The van der Waals surface area contributed by atoms with E-state index in [9.17, 15) is 0 Å². The molecule has 0 aromatic heterocycles. The van der Waals surface area contributed by atoms with Gasteiger partial charge in [0.05, 0.1) is 0 Å². The Bertz CT molecular complexity index is 236. The van der Waals surface area contributed by atoms with Gasteiger partial charge in [0, 0.05) is 24.5 Å². The molecule has 0 aromatic carbocycles. The molecule has 0 aromatic rings. The summed E-state index contributed by atoms with van der Waals surface area (Å²) < 4.78 is 30.0. The minimum absolute atomic E-state index is 0. The Hall–Kier alpha value is 0.277. The molecule has 0 aliphatic rings. The Kier molecular flexibility index (Phi) is 186. The molecule has 0 saturated carbocycles. The summed E-state index contributed by atoms with van der Waals surface area (Å²) >= 11 is 4.40. The van der Waals surface area contributed by atoms with E-state index in [-0.39, 0.29) is 26.9 Å². The third-order valence-corrected chi connectivity index (χ3v) is 0.835. The van der Waals surface area contributed by atoms with E-state index < -0.39 is 0 Å². The van der Waals surface area contributed by atoms with Crippen molar-refractivity contribution in [3.8, 4) is 0 Å². The van der Waals surface area contributed by atoms with Crippen LogP contribution in [0.5, 0.6) is 0 Å². The first-order valence-electron chi connectivity index (χ1n) is 4.63. The molecule has 6 nitrogen and oxygen atoms in total. The van der Waals surface area contributed by atoms with Gasteiger partial charge in [-0.1, -0.05) is 0 Å². The zero-order chi connectivity index (χ0) is 18.0. The topological polar surface area (TPSA) is 104 Å². The summed E-state index contributed by atoms with van der Waals surface area (Å²) in [5, 5.41) is 0. The molecule has 0 saturated heterocycles. The number of hydrogen-bond donors (Lipinski definition) is 0. The third-order valence-electron chi connectivity index (χ3n) is 0.835. The van der Waals surface area contributed by atoms with Crippen LogP contribution in [0.3, 0.4) is 0 Å². The molecule has 0 atom stereocenters. The Morgan fingerprint density at radius 2 is 0.864 bits per heavy atom. The van der Waals surface area contributed by atoms with E-state index in [0.717, 1.165) is 0 Å². The third kappa shape index (κ3) is 142. The predicted molar refractivity (Wildman–Crippen MR) is 83.4 cm³/mol. The van der Waals surface area contributed by atoms with Crippen molar-refractivity contribution in [1.82, 2.24) is 0 Å². The Labute approximate surface area is 167 Å². The van der Waals surface area contributed by atoms with Crippen molar-refractivity contribution in [2.75, 3.05) is 0 Å². The SMILES string of the molecule is CC(C)N=CC=NC(C)C.[C-]#[O+].[C-]#[O+].[C-]#[O+].[C-]#[O+].[CH3-].[Ru+].[Ru][I]. The van der Waals surface area contributed by atoms with E-state index in [1.165, 1.54) is 0 Å². The van der Waals surface area contributed by atoms with Crippen molar-refractivity contribution in [3.63, 3.8) is 0 Å². The second-order valence-corrected chi connectivity index (χ2v) is 2.78. The molecule has 0 amide bonds. The summed E-state index contributed by atoms with van der Waals surface area (Å²) in [5.74, 6) is 0. The quantitative estimate of drug-likeness (QED) is 0.157. The van der Waals surface area contributed by atoms with Crippen molar-refractivity contribution in [2.45, 2.75) is 39.8 Å². The molecule has 0 bridgehead atoms. The predicted octanol–water partition coefficient (Wildman–Crippen LogP) is 3.13. The van der Waals surface area contributed by atoms with Gasteiger partial charge in [-0.2, -0.15) is 0 Å². The standard InChI is InChI=1S/C8H16N2.4CO.CH3.HI.2Ru/c1-7(2)9-5-6-10-8(3)4;4*1-2;;;;/h5-8H,1-4H3;;;;;1H3;1H;;/q;;;;;-1;;2*+1/p-1. The monoisotopic (exact) mass is 598 g/mol. The van der Waals surface area contributed by atoms with Gasteiger partial charge in [-0.05, 0) is 27.7 Å². The van der Waals surface area contributed by atoms with Gasteiger partial charge >= 0.3 is 99.2 Å². The first kappa shape index (κ1) is 49.5. The van der Waals surface area contributed by atoms with Crippen LogP contribution in [0.4, 0.5) is 0 Å². The number of nitrogens with zero attached hydrogens (tertiary/aromatic N) is 2. The Morgan fingerprint density at radius 1 is 0.727 bits per heavy atom. The fraction of sp³-hybridized carbons (Fsp3) is 0.462. The van der Waals surface area contributed by atoms with Crippen LogP contribution in [0.1, 0.15) is 27.7 Å². The first-order chi connectivity index (χ1) is 9.63. The fourth-order valence-electron chi connectivity index (χ4n) is 0.421. The molecule has 0 aliphatic heterocycles. The van der Waals surface area contributed by atoms with Crippen molar-refractivity contribution in [3.05, 3.63) is 34.0 Å². The molecule has 0 aliphatic carbocycles. The Balaban J connectivity index is -0.0000000233. The summed E-state index contributed by atoms with van der Waals surface area (Å²) in [7, 11) is 0. The van der Waals surface area contributed by atoms with Crippen LogP contribution in [0.25, 0.3) is 0 Å². The second-order valence-electron chi connectivity index (χ2n) is 2.78. The van der Waals surface area contributed by atoms with E-state index in [2.05, 4.69) is 71.1 Å². The normalized spacial score (nSPS) is 6.55. The first-order valence-corrected chi connectivity index (χ1v) is 9.80. The summed E-state index contributed by atoms with van der Waals surface area (Å²) in [4.78, 5) is 8.24. The van der Waals surface area contributed by atoms with Crippen molar-refractivity contribution >= 4 is 32.2 Å². The number of rotatable bonds is 3. The van der Waals surface area contributed by atoms with E-state index >= 15 is 0 Å². The van der Waals surface area contributed by atoms with Crippen molar-refractivity contribution < 1.29 is 52.9 Å². The van der Waals surface area contributed by atoms with Gasteiger partial charge in [-0.15, -0.1) is 0 Å². The fourth-order valence-corrected chi connectivity index (χ4v) is 0.421. The molecule has 128 valence electrons. The van der Waals surface area contributed by atoms with Gasteiger partial charge < -0.3 is 7.43 Å². The van der Waals surface area contributed by atoms with Crippen LogP contribution in [0, 0.1) is 34.0 Å². The molecular formula is C13H19IN2O4Ru2. The van der Waals surface area contributed by atoms with E-state index in [4.69, 9.17) is 18.6 Å². The number of halogens is 1. The van der Waals surface area contributed by atoms with E-state index in [1.807, 2.05) is 27.7 Å². The molecular weight excluding hydrogens is 577 g/mol. The average Bonchev–Trinajstić information content (AvgIpc) is 2.53. The molecule has 0 heterocycles. The molecule has 1 radical (unpaired) electrons. The van der Waals surface area contributed by atoms with Gasteiger partial charge in [0.25, 0.3) is 0 Å². The number of aliphatic imine (C=N–C) groups is 2. The van der Waals surface area contributed by atoms with Gasteiger partial charge in [-0.3, -0.25) is 9.98 Å². The van der Waals surface area contributed by atoms with Gasteiger partial charge in [0.15, 0.2) is 0 Å². The maximum absolute atomic E-state index is 7.50. The zero-order valence-electron chi connectivity index (χ0n) is 12.9. The van der Waals surface area contributed by atoms with Crippen LogP contribution in [-0.4, -0.2) is 24.5 Å². The zero-order valence-corrected chi connectivity index (χ0v) is 18.6. The van der Waals surface area contributed by atoms with Crippen LogP contribution in [-0.2, 0) is 52.9 Å². The van der Waals surface area contributed by atoms with Crippen LogP contribution >= 0.6 is 19.8 Å². The molecule has 0 fully saturated rings. The second kappa shape index (κ2) is 82.8. The molecule has 0 spiro atoms. The van der Waals surface area contributed by atoms with Crippen LogP contribution in [0.2, 0.25) is 0 Å². The van der Waals surface area contributed by atoms with Crippen molar-refractivity contribution in [2.24, 2.45) is 9.98 Å². The van der Waals surface area contributed by atoms with Gasteiger partial charge in [0.2, 0.25) is 0 Å². The van der Waals surface area contributed by atoms with Crippen LogP contribution in [0.15, 0.2) is 9.98 Å². The summed E-state index contributed by atoms with van der Waals surface area (Å²) in [6.07, 6.45) is 3.51. The summed E-state index contributed by atoms with van der Waals surface area (Å²) in [6, 6.07) is 0.747. The minimum atomic E-state index is 0. The van der Waals surface area contributed by atoms with E-state index in [1.54, 1.807) is 12.4 Å². The van der Waals surface area contributed by atoms with Crippen molar-refractivity contribution in [1.29, 1.82) is 0 Å². The molecule has 0 N–H and O–H groups in total. The number of hydrogen-bond acceptors (Lipinski definition) is 2. The van der Waals surface area contributed by atoms with Gasteiger partial charge in [-0.25, -0.2) is 0 Å². The summed E-state index contributed by atoms with van der Waals surface area (Å²) in [6.45, 7) is 26.2. The molecule has 9 heteroatoms. The maximum atomic E-state index is 7.50. The van der Waals surface area contributed by atoms with Crippen LogP contribution < -0.4 is 0 Å².